The highest BCUT2D eigenvalue weighted by Gasteiger charge is 2.14. The smallest absolute Gasteiger partial charge is 0.337 e. The quantitative estimate of drug-likeness (QED) is 0.820. The second-order valence-electron chi connectivity index (χ2n) is 2.81. The maximum Gasteiger partial charge on any atom is 0.337 e. The van der Waals surface area contributed by atoms with Gasteiger partial charge in [-0.1, -0.05) is 11.6 Å². The molecule has 0 aliphatic heterocycles. The van der Waals surface area contributed by atoms with Crippen LogP contribution in [0.1, 0.15) is 17.3 Å². The van der Waals surface area contributed by atoms with Crippen LogP contribution < -0.4 is 5.32 Å². The Bertz CT molecular complexity index is 434. The average molecular weight is 232 g/mol. The van der Waals surface area contributed by atoms with Gasteiger partial charge in [-0.25, -0.2) is 9.18 Å². The summed E-state index contributed by atoms with van der Waals surface area (Å²) in [5.74, 6) is -2.67. The number of halogens is 2. The van der Waals surface area contributed by atoms with Crippen molar-refractivity contribution < 1.29 is 19.1 Å². The Labute approximate surface area is 89.7 Å². The van der Waals surface area contributed by atoms with Crippen LogP contribution in [0.5, 0.6) is 0 Å². The lowest BCUT2D eigenvalue weighted by Crippen LogP contribution is -2.08. The van der Waals surface area contributed by atoms with Gasteiger partial charge in [-0.3, -0.25) is 4.79 Å². The lowest BCUT2D eigenvalue weighted by Gasteiger charge is -2.05. The molecule has 0 heterocycles. The van der Waals surface area contributed by atoms with Gasteiger partial charge < -0.3 is 10.4 Å². The van der Waals surface area contributed by atoms with Gasteiger partial charge in [0.05, 0.1) is 10.6 Å². The summed E-state index contributed by atoms with van der Waals surface area (Å²) in [6.45, 7) is 1.23. The molecule has 0 aliphatic rings. The van der Waals surface area contributed by atoms with Crippen molar-refractivity contribution in [1.29, 1.82) is 0 Å². The van der Waals surface area contributed by atoms with Crippen molar-refractivity contribution in [2.45, 2.75) is 6.92 Å². The molecule has 0 atom stereocenters. The third kappa shape index (κ3) is 2.66. The van der Waals surface area contributed by atoms with Gasteiger partial charge in [-0.05, 0) is 12.1 Å². The zero-order valence-electron chi connectivity index (χ0n) is 7.67. The van der Waals surface area contributed by atoms with E-state index in [1.165, 1.54) is 6.92 Å². The number of nitrogens with one attached hydrogen (secondary N) is 1. The van der Waals surface area contributed by atoms with Crippen molar-refractivity contribution >= 4 is 29.2 Å². The summed E-state index contributed by atoms with van der Waals surface area (Å²) < 4.78 is 13.1. The van der Waals surface area contributed by atoms with E-state index in [-0.39, 0.29) is 11.3 Å². The molecule has 0 saturated heterocycles. The highest BCUT2D eigenvalue weighted by molar-refractivity contribution is 6.33. The summed E-state index contributed by atoms with van der Waals surface area (Å²) in [4.78, 5) is 21.3. The van der Waals surface area contributed by atoms with Crippen molar-refractivity contribution in [2.75, 3.05) is 5.32 Å². The first-order valence-corrected chi connectivity index (χ1v) is 4.29. The standard InChI is InChI=1S/C9H7ClFNO3/c1-4(13)12-5-2-6(9(14)15)8(10)7(11)3-5/h2-3H,1H3,(H,12,13)(H,14,15). The van der Waals surface area contributed by atoms with Crippen molar-refractivity contribution in [3.05, 3.63) is 28.5 Å². The Morgan fingerprint density at radius 3 is 2.53 bits per heavy atom. The van der Waals surface area contributed by atoms with Crippen LogP contribution in [0.4, 0.5) is 10.1 Å². The van der Waals surface area contributed by atoms with Gasteiger partial charge in [0.15, 0.2) is 0 Å². The van der Waals surface area contributed by atoms with E-state index in [9.17, 15) is 14.0 Å². The Morgan fingerprint density at radius 2 is 2.07 bits per heavy atom. The van der Waals surface area contributed by atoms with E-state index in [4.69, 9.17) is 16.7 Å². The molecule has 0 aliphatic carbocycles. The topological polar surface area (TPSA) is 66.4 Å². The number of anilines is 1. The third-order valence-corrected chi connectivity index (χ3v) is 1.96. The van der Waals surface area contributed by atoms with Crippen LogP contribution in [0, 0.1) is 5.82 Å². The molecule has 1 amide bonds. The zero-order chi connectivity index (χ0) is 11.6. The van der Waals surface area contributed by atoms with Crippen LogP contribution in [-0.4, -0.2) is 17.0 Å². The minimum absolute atomic E-state index is 0.0572. The first-order valence-electron chi connectivity index (χ1n) is 3.91. The van der Waals surface area contributed by atoms with Gasteiger partial charge in [0.1, 0.15) is 5.82 Å². The number of amides is 1. The molecule has 6 heteroatoms. The van der Waals surface area contributed by atoms with Gasteiger partial charge in [-0.2, -0.15) is 0 Å². The number of carboxylic acids is 1. The van der Waals surface area contributed by atoms with Crippen molar-refractivity contribution in [1.82, 2.24) is 0 Å². The van der Waals surface area contributed by atoms with Crippen LogP contribution in [0.25, 0.3) is 0 Å². The summed E-state index contributed by atoms with van der Waals surface area (Å²) in [5.41, 5.74) is -0.331. The minimum Gasteiger partial charge on any atom is -0.478 e. The second kappa shape index (κ2) is 4.27. The lowest BCUT2D eigenvalue weighted by molar-refractivity contribution is -0.114. The number of hydrogen-bond donors (Lipinski definition) is 2. The first kappa shape index (κ1) is 11.5. The molecule has 80 valence electrons. The molecule has 0 radical (unpaired) electrons. The second-order valence-corrected chi connectivity index (χ2v) is 3.18. The largest absolute Gasteiger partial charge is 0.478 e. The predicted molar refractivity (Wildman–Crippen MR) is 52.7 cm³/mol. The maximum atomic E-state index is 13.1. The SMILES string of the molecule is CC(=O)Nc1cc(F)c(Cl)c(C(=O)O)c1. The van der Waals surface area contributed by atoms with Gasteiger partial charge in [0.2, 0.25) is 5.91 Å². The van der Waals surface area contributed by atoms with Gasteiger partial charge >= 0.3 is 5.97 Å². The summed E-state index contributed by atoms with van der Waals surface area (Å²) in [7, 11) is 0. The number of aromatic carboxylic acids is 1. The Kier molecular flexibility index (Phi) is 3.26. The molecule has 0 unspecified atom stereocenters. The fourth-order valence-corrected chi connectivity index (χ4v) is 1.21. The molecule has 1 rings (SSSR count). The molecular formula is C9H7ClFNO3. The van der Waals surface area contributed by atoms with E-state index in [1.54, 1.807) is 0 Å². The Hall–Kier alpha value is -1.62. The fourth-order valence-electron chi connectivity index (χ4n) is 1.02. The van der Waals surface area contributed by atoms with Crippen LogP contribution in [0.2, 0.25) is 5.02 Å². The molecular weight excluding hydrogens is 225 g/mol. The lowest BCUT2D eigenvalue weighted by atomic mass is 10.2. The van der Waals surface area contributed by atoms with E-state index >= 15 is 0 Å². The summed E-state index contributed by atoms with van der Waals surface area (Å²) in [5, 5.41) is 10.5. The molecule has 0 bridgehead atoms. The number of carboxylic acid groups (broad SMARTS) is 1. The molecule has 4 nitrogen and oxygen atoms in total. The van der Waals surface area contributed by atoms with Crippen LogP contribution in [-0.2, 0) is 4.79 Å². The van der Waals surface area contributed by atoms with Gasteiger partial charge in [-0.15, -0.1) is 0 Å². The predicted octanol–water partition coefficient (Wildman–Crippen LogP) is 2.14. The maximum absolute atomic E-state index is 13.1. The molecule has 1 aromatic carbocycles. The Morgan fingerprint density at radius 1 is 1.47 bits per heavy atom. The molecule has 0 aromatic heterocycles. The van der Waals surface area contributed by atoms with E-state index in [0.29, 0.717) is 0 Å². The zero-order valence-corrected chi connectivity index (χ0v) is 8.43. The van der Waals surface area contributed by atoms with Crippen molar-refractivity contribution in [2.24, 2.45) is 0 Å². The first-order chi connectivity index (χ1) is 6.91. The number of hydrogen-bond acceptors (Lipinski definition) is 2. The highest BCUT2D eigenvalue weighted by Crippen LogP contribution is 2.24. The molecule has 15 heavy (non-hydrogen) atoms. The fraction of sp³-hybridized carbons (Fsp3) is 0.111. The van der Waals surface area contributed by atoms with E-state index < -0.39 is 22.7 Å². The molecule has 2 N–H and O–H groups in total. The molecule has 1 aromatic rings. The summed E-state index contributed by atoms with van der Waals surface area (Å²) in [6.07, 6.45) is 0. The molecule has 0 saturated carbocycles. The number of rotatable bonds is 2. The summed E-state index contributed by atoms with van der Waals surface area (Å²) in [6, 6.07) is 2.05. The molecule has 0 spiro atoms. The number of carbonyl (C=O) groups is 2. The van der Waals surface area contributed by atoms with Crippen LogP contribution in [0.15, 0.2) is 12.1 Å². The van der Waals surface area contributed by atoms with Gasteiger partial charge in [0, 0.05) is 12.6 Å². The van der Waals surface area contributed by atoms with Crippen LogP contribution in [0.3, 0.4) is 0 Å². The van der Waals surface area contributed by atoms with E-state index in [2.05, 4.69) is 5.32 Å². The van der Waals surface area contributed by atoms with E-state index in [1.807, 2.05) is 0 Å². The molecule has 0 fully saturated rings. The van der Waals surface area contributed by atoms with Gasteiger partial charge in [0.25, 0.3) is 0 Å². The highest BCUT2D eigenvalue weighted by atomic mass is 35.5. The van der Waals surface area contributed by atoms with Crippen molar-refractivity contribution in [3.8, 4) is 0 Å². The summed E-state index contributed by atoms with van der Waals surface area (Å²) >= 11 is 5.43. The van der Waals surface area contributed by atoms with Crippen LogP contribution >= 0.6 is 11.6 Å². The normalized spacial score (nSPS) is 9.80. The Balaban J connectivity index is 3.23. The minimum atomic E-state index is -1.36. The monoisotopic (exact) mass is 231 g/mol. The van der Waals surface area contributed by atoms with Crippen molar-refractivity contribution in [3.63, 3.8) is 0 Å². The average Bonchev–Trinajstić information content (AvgIpc) is 2.09. The third-order valence-electron chi connectivity index (χ3n) is 1.58. The van der Waals surface area contributed by atoms with E-state index in [0.717, 1.165) is 12.1 Å². The number of benzene rings is 1. The number of carbonyl (C=O) groups excluding carboxylic acids is 1.